The number of hydrogen-bond donors (Lipinski definition) is 5. The number of nitrogens with two attached hydrogens (primary N) is 1. The van der Waals surface area contributed by atoms with Crippen LogP contribution in [-0.2, 0) is 13.1 Å². The number of hydroxylamine groups is 1. The van der Waals surface area contributed by atoms with E-state index in [1.54, 1.807) is 28.9 Å². The Morgan fingerprint density at radius 1 is 1.16 bits per heavy atom. The van der Waals surface area contributed by atoms with Gasteiger partial charge in [-0.25, -0.2) is 9.67 Å². The summed E-state index contributed by atoms with van der Waals surface area (Å²) < 4.78 is 3.92. The maximum absolute atomic E-state index is 9.06. The van der Waals surface area contributed by atoms with Gasteiger partial charge in [0.25, 0.3) is 0 Å². The summed E-state index contributed by atoms with van der Waals surface area (Å²) in [6, 6.07) is 10.8. The second-order valence-corrected chi connectivity index (χ2v) is 7.99. The average Bonchev–Trinajstić information content (AvgIpc) is 3.36. The minimum Gasteiger partial charge on any atom is -0.409 e. The topological polar surface area (TPSA) is 163 Å². The van der Waals surface area contributed by atoms with Gasteiger partial charge in [0, 0.05) is 17.7 Å². The normalized spacial score (nSPS) is 12.2. The van der Waals surface area contributed by atoms with Gasteiger partial charge in [-0.05, 0) is 48.7 Å². The van der Waals surface area contributed by atoms with Crippen LogP contribution in [0.1, 0.15) is 37.2 Å². The smallest absolute Gasteiger partial charge is 0.170 e. The molecule has 0 aliphatic carbocycles. The lowest BCUT2D eigenvalue weighted by Crippen LogP contribution is -2.18. The Morgan fingerprint density at radius 2 is 1.88 bits per heavy atom. The SMILES string of the molecule is CC(C)CCn1c(Cn2nnc3cc(C(N)=NO)ccc32)nc2cc(C(=N)NO)ccc21. The van der Waals surface area contributed by atoms with Gasteiger partial charge < -0.3 is 15.5 Å². The maximum Gasteiger partial charge on any atom is 0.170 e. The van der Waals surface area contributed by atoms with Crippen LogP contribution in [0.3, 0.4) is 0 Å². The summed E-state index contributed by atoms with van der Waals surface area (Å²) in [5.41, 5.74) is 11.8. The zero-order valence-electron chi connectivity index (χ0n) is 17.8. The van der Waals surface area contributed by atoms with Crippen LogP contribution in [-0.4, -0.2) is 46.6 Å². The highest BCUT2D eigenvalue weighted by atomic mass is 16.5. The minimum absolute atomic E-state index is 0.00988. The van der Waals surface area contributed by atoms with Gasteiger partial charge in [0.15, 0.2) is 5.84 Å². The first kappa shape index (κ1) is 21.2. The lowest BCUT2D eigenvalue weighted by atomic mass is 10.1. The van der Waals surface area contributed by atoms with Gasteiger partial charge in [-0.2, -0.15) is 0 Å². The molecule has 2 aromatic heterocycles. The number of nitrogens with one attached hydrogen (secondary N) is 2. The molecule has 6 N–H and O–H groups in total. The first-order valence-electron chi connectivity index (χ1n) is 10.2. The fraction of sp³-hybridized carbons (Fsp3) is 0.286. The molecular weight excluding hydrogens is 410 g/mol. The Kier molecular flexibility index (Phi) is 5.73. The molecule has 0 unspecified atom stereocenters. The molecule has 0 fully saturated rings. The quantitative estimate of drug-likeness (QED) is 0.129. The molecule has 32 heavy (non-hydrogen) atoms. The van der Waals surface area contributed by atoms with E-state index >= 15 is 0 Å². The molecule has 0 saturated heterocycles. The van der Waals surface area contributed by atoms with Crippen molar-refractivity contribution in [2.75, 3.05) is 0 Å². The molecule has 4 rings (SSSR count). The highest BCUT2D eigenvalue weighted by Crippen LogP contribution is 2.22. The third-order valence-corrected chi connectivity index (χ3v) is 5.37. The van der Waals surface area contributed by atoms with E-state index < -0.39 is 0 Å². The Labute approximate surface area is 183 Å². The van der Waals surface area contributed by atoms with Crippen LogP contribution in [0.4, 0.5) is 0 Å². The summed E-state index contributed by atoms with van der Waals surface area (Å²) in [4.78, 5) is 4.80. The van der Waals surface area contributed by atoms with E-state index in [9.17, 15) is 0 Å². The monoisotopic (exact) mass is 435 g/mol. The molecule has 0 bridgehead atoms. The van der Waals surface area contributed by atoms with E-state index in [1.165, 1.54) is 0 Å². The Hall–Kier alpha value is -3.99. The summed E-state index contributed by atoms with van der Waals surface area (Å²) in [6.07, 6.45) is 0.982. The molecule has 0 aliphatic rings. The number of oxime groups is 1. The standard InChI is InChI=1S/C21H25N9O2/c1-12(2)7-8-29-17-5-3-13(20(22)26-31)9-15(17)24-19(29)11-30-18-6-4-14(21(23)27-32)10-16(18)25-28-30/h3-6,9-10,12,31-32H,7-8,11H2,1-2H3,(H2,22,26)(H2,23,27). The van der Waals surface area contributed by atoms with Gasteiger partial charge in [-0.3, -0.25) is 16.1 Å². The number of amidine groups is 2. The van der Waals surface area contributed by atoms with Crippen LogP contribution >= 0.6 is 0 Å². The van der Waals surface area contributed by atoms with Crippen molar-refractivity contribution >= 4 is 33.7 Å². The molecule has 0 spiro atoms. The molecule has 11 heteroatoms. The van der Waals surface area contributed by atoms with Crippen molar-refractivity contribution in [1.29, 1.82) is 5.41 Å². The van der Waals surface area contributed by atoms with Crippen LogP contribution in [0.25, 0.3) is 22.1 Å². The van der Waals surface area contributed by atoms with Crippen LogP contribution < -0.4 is 11.2 Å². The summed E-state index contributed by atoms with van der Waals surface area (Å²) in [7, 11) is 0. The summed E-state index contributed by atoms with van der Waals surface area (Å²) in [5, 5.41) is 37.3. The Bertz CT molecular complexity index is 1320. The average molecular weight is 435 g/mol. The molecule has 2 aromatic carbocycles. The van der Waals surface area contributed by atoms with Crippen molar-refractivity contribution in [2.45, 2.75) is 33.4 Å². The Balaban J connectivity index is 1.75. The van der Waals surface area contributed by atoms with Gasteiger partial charge in [0.1, 0.15) is 23.7 Å². The molecule has 2 heterocycles. The molecule has 11 nitrogen and oxygen atoms in total. The molecule has 0 amide bonds. The number of rotatable bonds is 7. The van der Waals surface area contributed by atoms with E-state index in [4.69, 9.17) is 26.5 Å². The molecule has 0 aliphatic heterocycles. The van der Waals surface area contributed by atoms with Gasteiger partial charge in [-0.15, -0.1) is 5.10 Å². The largest absolute Gasteiger partial charge is 0.409 e. The van der Waals surface area contributed by atoms with E-state index in [-0.39, 0.29) is 11.7 Å². The third-order valence-electron chi connectivity index (χ3n) is 5.37. The molecule has 0 atom stereocenters. The van der Waals surface area contributed by atoms with Gasteiger partial charge in [0.05, 0.1) is 16.6 Å². The molecular formula is C21H25N9O2. The third kappa shape index (κ3) is 3.97. The second kappa shape index (κ2) is 8.63. The maximum atomic E-state index is 9.06. The molecule has 0 radical (unpaired) electrons. The first-order valence-corrected chi connectivity index (χ1v) is 10.2. The summed E-state index contributed by atoms with van der Waals surface area (Å²) in [5.74, 6) is 1.26. The number of fused-ring (bicyclic) bond motifs is 2. The fourth-order valence-corrected chi connectivity index (χ4v) is 3.60. The van der Waals surface area contributed by atoms with Crippen LogP contribution in [0.2, 0.25) is 0 Å². The fourth-order valence-electron chi connectivity index (χ4n) is 3.60. The minimum atomic E-state index is -0.0889. The number of nitrogens with zero attached hydrogens (tertiary/aromatic N) is 6. The van der Waals surface area contributed by atoms with E-state index in [0.29, 0.717) is 29.1 Å². The van der Waals surface area contributed by atoms with Gasteiger partial charge >= 0.3 is 0 Å². The number of aromatic nitrogens is 5. The second-order valence-electron chi connectivity index (χ2n) is 7.99. The number of aryl methyl sites for hydroxylation is 1. The van der Waals surface area contributed by atoms with Crippen molar-refractivity contribution in [2.24, 2.45) is 16.8 Å². The summed E-state index contributed by atoms with van der Waals surface area (Å²) in [6.45, 7) is 5.54. The molecule has 4 aromatic rings. The number of hydrogen-bond acceptors (Lipinski definition) is 7. The zero-order valence-corrected chi connectivity index (χ0v) is 17.8. The predicted molar refractivity (Wildman–Crippen MR) is 120 cm³/mol. The van der Waals surface area contributed by atoms with Crippen molar-refractivity contribution in [3.63, 3.8) is 0 Å². The van der Waals surface area contributed by atoms with Crippen LogP contribution in [0, 0.1) is 11.3 Å². The predicted octanol–water partition coefficient (Wildman–Crippen LogP) is 2.27. The first-order chi connectivity index (χ1) is 15.4. The lowest BCUT2D eigenvalue weighted by Gasteiger charge is -2.11. The lowest BCUT2D eigenvalue weighted by molar-refractivity contribution is 0.234. The Morgan fingerprint density at radius 3 is 2.59 bits per heavy atom. The highest BCUT2D eigenvalue weighted by molar-refractivity contribution is 6.00. The van der Waals surface area contributed by atoms with E-state index in [0.717, 1.165) is 35.3 Å². The number of benzene rings is 2. The van der Waals surface area contributed by atoms with Gasteiger partial charge in [-0.1, -0.05) is 24.2 Å². The van der Waals surface area contributed by atoms with Crippen LogP contribution in [0.15, 0.2) is 41.6 Å². The van der Waals surface area contributed by atoms with E-state index in [1.807, 2.05) is 17.6 Å². The van der Waals surface area contributed by atoms with Gasteiger partial charge in [0.2, 0.25) is 0 Å². The van der Waals surface area contributed by atoms with Crippen molar-refractivity contribution in [3.05, 3.63) is 53.3 Å². The molecule has 166 valence electrons. The zero-order chi connectivity index (χ0) is 22.8. The van der Waals surface area contributed by atoms with E-state index in [2.05, 4.69) is 33.9 Å². The number of imidazole rings is 1. The summed E-state index contributed by atoms with van der Waals surface area (Å²) >= 11 is 0. The van der Waals surface area contributed by atoms with Crippen molar-refractivity contribution in [1.82, 2.24) is 30.0 Å². The molecule has 0 saturated carbocycles. The van der Waals surface area contributed by atoms with Crippen molar-refractivity contribution in [3.8, 4) is 0 Å². The highest BCUT2D eigenvalue weighted by Gasteiger charge is 2.16. The van der Waals surface area contributed by atoms with Crippen LogP contribution in [0.5, 0.6) is 0 Å². The van der Waals surface area contributed by atoms with Crippen molar-refractivity contribution < 1.29 is 10.4 Å².